The van der Waals surface area contributed by atoms with Crippen molar-refractivity contribution in [3.05, 3.63) is 55.2 Å². The van der Waals surface area contributed by atoms with Crippen LogP contribution in [0.5, 0.6) is 0 Å². The molecule has 0 bridgehead atoms. The van der Waals surface area contributed by atoms with Gasteiger partial charge in [0, 0.05) is 37.9 Å². The van der Waals surface area contributed by atoms with Gasteiger partial charge in [0.15, 0.2) is 11.2 Å². The van der Waals surface area contributed by atoms with Crippen LogP contribution in [0.25, 0.3) is 22.6 Å². The number of aromatic amines is 1. The highest BCUT2D eigenvalue weighted by Gasteiger charge is 2.20. The van der Waals surface area contributed by atoms with Gasteiger partial charge in [-0.25, -0.2) is 9.78 Å². The summed E-state index contributed by atoms with van der Waals surface area (Å²) in [6.45, 7) is 4.98. The van der Waals surface area contributed by atoms with E-state index < -0.39 is 16.2 Å². The smallest absolute Gasteiger partial charge is 0.330 e. The van der Waals surface area contributed by atoms with E-state index in [0.29, 0.717) is 31.1 Å². The van der Waals surface area contributed by atoms with E-state index in [1.54, 1.807) is 23.8 Å². The van der Waals surface area contributed by atoms with Crippen molar-refractivity contribution in [2.75, 3.05) is 13.7 Å². The third kappa shape index (κ3) is 3.58. The number of fused-ring (bicyclic) bond motifs is 1. The molecule has 0 spiro atoms. The number of H-pyrrole nitrogens is 1. The summed E-state index contributed by atoms with van der Waals surface area (Å²) in [6, 6.07) is 5.89. The highest BCUT2D eigenvalue weighted by atomic mass is 16.6. The summed E-state index contributed by atoms with van der Waals surface area (Å²) in [5, 5.41) is 10.9. The molecule has 0 aliphatic carbocycles. The molecule has 1 N–H and O–H groups in total. The first-order chi connectivity index (χ1) is 13.3. The minimum Gasteiger partial charge on any atom is -0.383 e. The van der Waals surface area contributed by atoms with Gasteiger partial charge in [-0.1, -0.05) is 13.8 Å². The first-order valence-electron chi connectivity index (χ1n) is 8.80. The first kappa shape index (κ1) is 19.5. The van der Waals surface area contributed by atoms with Crippen molar-refractivity contribution in [2.24, 2.45) is 5.92 Å². The molecule has 0 aliphatic rings. The molecule has 3 aromatic rings. The lowest BCUT2D eigenvalue weighted by Gasteiger charge is -2.10. The Kier molecular flexibility index (Phi) is 5.41. The van der Waals surface area contributed by atoms with Crippen LogP contribution in [0.3, 0.4) is 0 Å². The van der Waals surface area contributed by atoms with Crippen LogP contribution in [0.1, 0.15) is 13.8 Å². The maximum absolute atomic E-state index is 12.5. The Morgan fingerprint density at radius 2 is 1.89 bits per heavy atom. The van der Waals surface area contributed by atoms with Gasteiger partial charge in [0.25, 0.3) is 11.2 Å². The Bertz CT molecular complexity index is 1120. The largest absolute Gasteiger partial charge is 0.383 e. The minimum absolute atomic E-state index is 0.0436. The number of methoxy groups -OCH3 is 1. The standard InChI is InChI=1S/C18H21N5O5/c1-11(2)10-22-16-14(17(24)20-18(22)25)21(8-9-28-3)15(19-16)12-4-6-13(7-5-12)23(26)27/h4-7,11H,8-10H2,1-3H3,(H,20,24,25). The molecule has 2 heterocycles. The number of nitro benzene ring substituents is 1. The van der Waals surface area contributed by atoms with Crippen molar-refractivity contribution in [3.8, 4) is 11.4 Å². The fourth-order valence-electron chi connectivity index (χ4n) is 3.06. The van der Waals surface area contributed by atoms with E-state index in [2.05, 4.69) is 9.97 Å². The van der Waals surface area contributed by atoms with Gasteiger partial charge in [-0.3, -0.25) is 24.5 Å². The van der Waals surface area contributed by atoms with Crippen LogP contribution in [0.4, 0.5) is 5.69 Å². The number of nitrogens with one attached hydrogen (secondary N) is 1. The number of aromatic nitrogens is 4. The van der Waals surface area contributed by atoms with Crippen molar-refractivity contribution in [1.82, 2.24) is 19.1 Å². The van der Waals surface area contributed by atoms with Crippen LogP contribution in [-0.2, 0) is 17.8 Å². The quantitative estimate of drug-likeness (QED) is 0.486. The summed E-state index contributed by atoms with van der Waals surface area (Å²) in [5.74, 6) is 0.606. The number of nitrogens with zero attached hydrogens (tertiary/aromatic N) is 4. The molecule has 0 unspecified atom stereocenters. The zero-order valence-electron chi connectivity index (χ0n) is 15.8. The summed E-state index contributed by atoms with van der Waals surface area (Å²) in [5.41, 5.74) is 0.0610. The van der Waals surface area contributed by atoms with Crippen molar-refractivity contribution in [3.63, 3.8) is 0 Å². The van der Waals surface area contributed by atoms with E-state index in [1.165, 1.54) is 16.7 Å². The third-order valence-corrected chi connectivity index (χ3v) is 4.29. The molecule has 0 aliphatic heterocycles. The van der Waals surface area contributed by atoms with Crippen LogP contribution in [-0.4, -0.2) is 37.7 Å². The molecule has 10 heteroatoms. The molecule has 10 nitrogen and oxygen atoms in total. The van der Waals surface area contributed by atoms with Crippen molar-refractivity contribution >= 4 is 16.9 Å². The number of rotatable bonds is 7. The number of imidazole rings is 1. The maximum Gasteiger partial charge on any atom is 0.330 e. The van der Waals surface area contributed by atoms with Crippen molar-refractivity contribution < 1.29 is 9.66 Å². The lowest BCUT2D eigenvalue weighted by atomic mass is 10.2. The highest BCUT2D eigenvalue weighted by Crippen LogP contribution is 2.25. The molecule has 3 rings (SSSR count). The zero-order valence-corrected chi connectivity index (χ0v) is 15.8. The van der Waals surface area contributed by atoms with Gasteiger partial charge in [-0.15, -0.1) is 0 Å². The van der Waals surface area contributed by atoms with Gasteiger partial charge in [0.2, 0.25) is 0 Å². The molecule has 0 amide bonds. The summed E-state index contributed by atoms with van der Waals surface area (Å²) >= 11 is 0. The van der Waals surface area contributed by atoms with Crippen LogP contribution in [0, 0.1) is 16.0 Å². The van der Waals surface area contributed by atoms with Gasteiger partial charge in [0.1, 0.15) is 5.82 Å². The van der Waals surface area contributed by atoms with Crippen molar-refractivity contribution in [1.29, 1.82) is 0 Å². The average molecular weight is 387 g/mol. The van der Waals surface area contributed by atoms with Crippen LogP contribution in [0.2, 0.25) is 0 Å². The van der Waals surface area contributed by atoms with Gasteiger partial charge < -0.3 is 9.30 Å². The number of ether oxygens (including phenoxy) is 1. The number of nitro groups is 1. The predicted octanol–water partition coefficient (Wildman–Crippen LogP) is 1.76. The van der Waals surface area contributed by atoms with Crippen LogP contribution >= 0.6 is 0 Å². The topological polar surface area (TPSA) is 125 Å². The van der Waals surface area contributed by atoms with E-state index in [1.807, 2.05) is 13.8 Å². The Morgan fingerprint density at radius 3 is 2.46 bits per heavy atom. The SMILES string of the molecule is COCCn1c(-c2ccc([N+](=O)[O-])cc2)nc2c1c(=O)[nH]c(=O)n2CC(C)C. The van der Waals surface area contributed by atoms with Gasteiger partial charge in [-0.05, 0) is 18.1 Å². The van der Waals surface area contributed by atoms with Crippen LogP contribution < -0.4 is 11.2 Å². The third-order valence-electron chi connectivity index (χ3n) is 4.29. The van der Waals surface area contributed by atoms with Crippen molar-refractivity contribution in [2.45, 2.75) is 26.9 Å². The first-order valence-corrected chi connectivity index (χ1v) is 8.80. The fraction of sp³-hybridized carbons (Fsp3) is 0.389. The van der Waals surface area contributed by atoms with E-state index in [9.17, 15) is 19.7 Å². The Labute approximate surface area is 159 Å². The number of non-ortho nitro benzene ring substituents is 1. The lowest BCUT2D eigenvalue weighted by Crippen LogP contribution is -2.32. The van der Waals surface area contributed by atoms with E-state index >= 15 is 0 Å². The van der Waals surface area contributed by atoms with Gasteiger partial charge in [-0.2, -0.15) is 0 Å². The lowest BCUT2D eigenvalue weighted by molar-refractivity contribution is -0.384. The highest BCUT2D eigenvalue weighted by molar-refractivity contribution is 5.77. The van der Waals surface area contributed by atoms with E-state index in [4.69, 9.17) is 4.74 Å². The average Bonchev–Trinajstić information content (AvgIpc) is 3.03. The zero-order chi connectivity index (χ0) is 20.4. The van der Waals surface area contributed by atoms with Gasteiger partial charge >= 0.3 is 5.69 Å². The molecule has 0 fully saturated rings. The summed E-state index contributed by atoms with van der Waals surface area (Å²) in [6.07, 6.45) is 0. The Hall–Kier alpha value is -3.27. The number of hydrogen-bond acceptors (Lipinski definition) is 6. The second-order valence-corrected chi connectivity index (χ2v) is 6.82. The summed E-state index contributed by atoms with van der Waals surface area (Å²) in [7, 11) is 1.55. The summed E-state index contributed by atoms with van der Waals surface area (Å²) in [4.78, 5) is 42.2. The minimum atomic E-state index is -0.531. The molecular formula is C18H21N5O5. The second-order valence-electron chi connectivity index (χ2n) is 6.82. The maximum atomic E-state index is 12.5. The number of hydrogen-bond donors (Lipinski definition) is 1. The Balaban J connectivity index is 2.29. The molecule has 0 saturated heterocycles. The molecule has 2 aromatic heterocycles. The van der Waals surface area contributed by atoms with Gasteiger partial charge in [0.05, 0.1) is 11.5 Å². The monoisotopic (exact) mass is 387 g/mol. The number of benzene rings is 1. The van der Waals surface area contributed by atoms with Crippen LogP contribution in [0.15, 0.2) is 33.9 Å². The Morgan fingerprint density at radius 1 is 1.21 bits per heavy atom. The fourth-order valence-corrected chi connectivity index (χ4v) is 3.06. The molecule has 0 atom stereocenters. The molecule has 148 valence electrons. The van der Waals surface area contributed by atoms with E-state index in [0.717, 1.165) is 0 Å². The van der Waals surface area contributed by atoms with E-state index in [-0.39, 0.29) is 22.8 Å². The molecule has 0 radical (unpaired) electrons. The normalized spacial score (nSPS) is 11.4. The second kappa shape index (κ2) is 7.77. The molecule has 0 saturated carbocycles. The molecule has 28 heavy (non-hydrogen) atoms. The molecular weight excluding hydrogens is 366 g/mol. The molecule has 1 aromatic carbocycles. The predicted molar refractivity (Wildman–Crippen MR) is 103 cm³/mol. The summed E-state index contributed by atoms with van der Waals surface area (Å²) < 4.78 is 8.26.